The molecule has 7 heteroatoms. The molecule has 0 aliphatic rings. The standard InChI is InChI=1S/C10H19N5OS/c1-4-15(5-6-16-2)9-7-8(14-11)12-10(13-9)17-3/h7H,4-6,11H2,1-3H3,(H,12,13,14). The maximum Gasteiger partial charge on any atom is 0.191 e. The van der Waals surface area contributed by atoms with E-state index in [-0.39, 0.29) is 0 Å². The molecule has 0 unspecified atom stereocenters. The number of aromatic nitrogens is 2. The first kappa shape index (κ1) is 14.0. The molecule has 1 aromatic rings. The van der Waals surface area contributed by atoms with Crippen LogP contribution < -0.4 is 16.2 Å². The smallest absolute Gasteiger partial charge is 0.191 e. The lowest BCUT2D eigenvalue weighted by Gasteiger charge is -2.22. The van der Waals surface area contributed by atoms with Gasteiger partial charge in [-0.25, -0.2) is 15.8 Å². The fourth-order valence-electron chi connectivity index (χ4n) is 1.38. The van der Waals surface area contributed by atoms with Gasteiger partial charge in [0.2, 0.25) is 0 Å². The average molecular weight is 257 g/mol. The Morgan fingerprint density at radius 2 is 2.29 bits per heavy atom. The third kappa shape index (κ3) is 4.03. The van der Waals surface area contributed by atoms with E-state index in [1.54, 1.807) is 7.11 Å². The molecule has 0 radical (unpaired) electrons. The van der Waals surface area contributed by atoms with Crippen molar-refractivity contribution in [2.75, 3.05) is 43.4 Å². The minimum Gasteiger partial charge on any atom is -0.383 e. The topological polar surface area (TPSA) is 76.3 Å². The lowest BCUT2D eigenvalue weighted by atomic mass is 10.4. The number of nitrogens with two attached hydrogens (primary N) is 1. The number of hydrazine groups is 1. The van der Waals surface area contributed by atoms with Gasteiger partial charge in [-0.1, -0.05) is 11.8 Å². The van der Waals surface area contributed by atoms with Gasteiger partial charge in [-0.05, 0) is 13.2 Å². The van der Waals surface area contributed by atoms with Gasteiger partial charge in [-0.15, -0.1) is 0 Å². The van der Waals surface area contributed by atoms with E-state index in [2.05, 4.69) is 27.2 Å². The Kier molecular flexibility index (Phi) is 6.03. The molecule has 1 aromatic heterocycles. The zero-order valence-corrected chi connectivity index (χ0v) is 11.3. The van der Waals surface area contributed by atoms with Crippen LogP contribution in [0.1, 0.15) is 6.92 Å². The number of thioether (sulfide) groups is 1. The molecule has 0 atom stereocenters. The van der Waals surface area contributed by atoms with E-state index in [4.69, 9.17) is 10.6 Å². The zero-order chi connectivity index (χ0) is 12.7. The second-order valence-corrected chi connectivity index (χ2v) is 4.09. The van der Waals surface area contributed by atoms with E-state index in [1.807, 2.05) is 12.3 Å². The molecule has 0 aromatic carbocycles. The molecule has 0 saturated carbocycles. The highest BCUT2D eigenvalue weighted by atomic mass is 32.2. The van der Waals surface area contributed by atoms with Crippen LogP contribution in [0.3, 0.4) is 0 Å². The highest BCUT2D eigenvalue weighted by Gasteiger charge is 2.09. The Morgan fingerprint density at radius 3 is 2.82 bits per heavy atom. The van der Waals surface area contributed by atoms with Crippen LogP contribution in [-0.4, -0.2) is 43.0 Å². The minimum atomic E-state index is 0.621. The number of anilines is 2. The summed E-state index contributed by atoms with van der Waals surface area (Å²) in [5.74, 6) is 6.87. The molecule has 1 heterocycles. The van der Waals surface area contributed by atoms with Crippen molar-refractivity contribution in [3.05, 3.63) is 6.07 Å². The summed E-state index contributed by atoms with van der Waals surface area (Å²) in [6.07, 6.45) is 1.94. The maximum atomic E-state index is 5.39. The predicted octanol–water partition coefficient (Wildman–Crippen LogP) is 0.957. The van der Waals surface area contributed by atoms with Crippen molar-refractivity contribution in [3.8, 4) is 0 Å². The first-order valence-corrected chi connectivity index (χ1v) is 6.61. The second kappa shape index (κ2) is 7.31. The molecule has 6 nitrogen and oxygen atoms in total. The number of methoxy groups -OCH3 is 1. The van der Waals surface area contributed by atoms with Crippen molar-refractivity contribution in [1.29, 1.82) is 0 Å². The monoisotopic (exact) mass is 257 g/mol. The molecule has 96 valence electrons. The fraction of sp³-hybridized carbons (Fsp3) is 0.600. The second-order valence-electron chi connectivity index (χ2n) is 3.31. The molecule has 0 aliphatic heterocycles. The molecule has 0 amide bonds. The number of nitrogens with zero attached hydrogens (tertiary/aromatic N) is 3. The molecular weight excluding hydrogens is 238 g/mol. The van der Waals surface area contributed by atoms with Crippen LogP contribution in [-0.2, 0) is 4.74 Å². The fourth-order valence-corrected chi connectivity index (χ4v) is 1.75. The summed E-state index contributed by atoms with van der Waals surface area (Å²) >= 11 is 1.49. The van der Waals surface area contributed by atoms with Crippen molar-refractivity contribution in [1.82, 2.24) is 9.97 Å². The molecule has 0 bridgehead atoms. The SMILES string of the molecule is CCN(CCOC)c1cc(NN)nc(SC)n1. The quantitative estimate of drug-likeness (QED) is 0.326. The van der Waals surface area contributed by atoms with Crippen LogP contribution in [0.5, 0.6) is 0 Å². The number of ether oxygens (including phenoxy) is 1. The summed E-state index contributed by atoms with van der Waals surface area (Å²) < 4.78 is 5.08. The van der Waals surface area contributed by atoms with Crippen molar-refractivity contribution in [2.24, 2.45) is 5.84 Å². The van der Waals surface area contributed by atoms with Crippen molar-refractivity contribution >= 4 is 23.4 Å². The van der Waals surface area contributed by atoms with Crippen molar-refractivity contribution in [3.63, 3.8) is 0 Å². The summed E-state index contributed by atoms with van der Waals surface area (Å²) in [6, 6.07) is 1.83. The Balaban J connectivity index is 2.92. The van der Waals surface area contributed by atoms with Crippen LogP contribution in [0.15, 0.2) is 11.2 Å². The average Bonchev–Trinajstić information content (AvgIpc) is 2.39. The van der Waals surface area contributed by atoms with Crippen LogP contribution in [0, 0.1) is 0 Å². The highest BCUT2D eigenvalue weighted by molar-refractivity contribution is 7.98. The minimum absolute atomic E-state index is 0.621. The van der Waals surface area contributed by atoms with Crippen molar-refractivity contribution < 1.29 is 4.74 Å². The summed E-state index contributed by atoms with van der Waals surface area (Å²) in [5.41, 5.74) is 2.55. The van der Waals surface area contributed by atoms with E-state index in [0.717, 1.165) is 18.9 Å². The normalized spacial score (nSPS) is 10.4. The number of nitrogens with one attached hydrogen (secondary N) is 1. The van der Waals surface area contributed by atoms with Gasteiger partial charge in [0.15, 0.2) is 5.16 Å². The summed E-state index contributed by atoms with van der Waals surface area (Å²) in [6.45, 7) is 4.39. The number of likely N-dealkylation sites (N-methyl/N-ethyl adjacent to an activating group) is 1. The van der Waals surface area contributed by atoms with Gasteiger partial charge in [-0.2, -0.15) is 0 Å². The third-order valence-corrected chi connectivity index (χ3v) is 2.84. The molecule has 1 rings (SSSR count). The molecule has 0 spiro atoms. The number of nitrogen functional groups attached to an aromatic ring is 1. The van der Waals surface area contributed by atoms with Crippen LogP contribution in [0.4, 0.5) is 11.6 Å². The molecule has 17 heavy (non-hydrogen) atoms. The van der Waals surface area contributed by atoms with Gasteiger partial charge in [0.05, 0.1) is 6.61 Å². The summed E-state index contributed by atoms with van der Waals surface area (Å²) in [4.78, 5) is 10.8. The lowest BCUT2D eigenvalue weighted by Crippen LogP contribution is -2.28. The van der Waals surface area contributed by atoms with E-state index in [1.165, 1.54) is 11.8 Å². The van der Waals surface area contributed by atoms with Gasteiger partial charge < -0.3 is 15.1 Å². The van der Waals surface area contributed by atoms with Crippen LogP contribution >= 0.6 is 11.8 Å². The molecule has 0 aliphatic carbocycles. The molecule has 0 saturated heterocycles. The first-order valence-electron chi connectivity index (χ1n) is 5.38. The summed E-state index contributed by atoms with van der Waals surface area (Å²) in [7, 11) is 1.69. The highest BCUT2D eigenvalue weighted by Crippen LogP contribution is 2.19. The Morgan fingerprint density at radius 1 is 1.53 bits per heavy atom. The maximum absolute atomic E-state index is 5.39. The number of hydrogen-bond acceptors (Lipinski definition) is 7. The van der Waals surface area contributed by atoms with E-state index >= 15 is 0 Å². The Bertz CT molecular complexity index is 327. The number of hydrogen-bond donors (Lipinski definition) is 2. The first-order chi connectivity index (χ1) is 8.24. The summed E-state index contributed by atoms with van der Waals surface area (Å²) in [5, 5.41) is 0.700. The van der Waals surface area contributed by atoms with Crippen molar-refractivity contribution in [2.45, 2.75) is 12.1 Å². The van der Waals surface area contributed by atoms with E-state index in [9.17, 15) is 0 Å². The zero-order valence-electron chi connectivity index (χ0n) is 10.4. The van der Waals surface area contributed by atoms with E-state index in [0.29, 0.717) is 17.6 Å². The lowest BCUT2D eigenvalue weighted by molar-refractivity contribution is 0.205. The Labute approximate surface area is 106 Å². The molecule has 0 fully saturated rings. The number of rotatable bonds is 7. The van der Waals surface area contributed by atoms with Crippen LogP contribution in [0.25, 0.3) is 0 Å². The van der Waals surface area contributed by atoms with Gasteiger partial charge in [0, 0.05) is 26.3 Å². The van der Waals surface area contributed by atoms with Gasteiger partial charge in [-0.3, -0.25) is 0 Å². The Hall–Kier alpha value is -1.05. The van der Waals surface area contributed by atoms with Crippen LogP contribution in [0.2, 0.25) is 0 Å². The van der Waals surface area contributed by atoms with Gasteiger partial charge in [0.25, 0.3) is 0 Å². The van der Waals surface area contributed by atoms with Gasteiger partial charge >= 0.3 is 0 Å². The molecular formula is C10H19N5OS. The third-order valence-electron chi connectivity index (χ3n) is 2.29. The molecule has 3 N–H and O–H groups in total. The van der Waals surface area contributed by atoms with E-state index < -0.39 is 0 Å². The predicted molar refractivity (Wildman–Crippen MR) is 71.4 cm³/mol. The largest absolute Gasteiger partial charge is 0.383 e. The van der Waals surface area contributed by atoms with Gasteiger partial charge in [0.1, 0.15) is 11.6 Å².